The van der Waals surface area contributed by atoms with Gasteiger partial charge in [0.1, 0.15) is 17.5 Å². The molecule has 2 aromatic carbocycles. The first-order valence-electron chi connectivity index (χ1n) is 11.6. The molecule has 0 radical (unpaired) electrons. The van der Waals surface area contributed by atoms with Crippen molar-refractivity contribution >= 4 is 15.7 Å². The van der Waals surface area contributed by atoms with Crippen LogP contribution in [-0.2, 0) is 21.2 Å². The molecular formula is C25H33N3O5S. The normalized spacial score (nSPS) is 20.0. The average molecular weight is 488 g/mol. The summed E-state index contributed by atoms with van der Waals surface area (Å²) in [7, 11) is 0.292. The third-order valence-corrected chi connectivity index (χ3v) is 8.27. The zero-order chi connectivity index (χ0) is 24.1. The molecule has 2 aliphatic rings. The van der Waals surface area contributed by atoms with Crippen molar-refractivity contribution in [2.45, 2.75) is 12.6 Å². The molecule has 0 bridgehead atoms. The minimum absolute atomic E-state index is 0.0455. The molecule has 2 heterocycles. The van der Waals surface area contributed by atoms with Crippen LogP contribution in [0.15, 0.2) is 48.5 Å². The summed E-state index contributed by atoms with van der Waals surface area (Å²) in [5, 5.41) is 0. The number of methoxy groups -OCH3 is 2. The second kappa shape index (κ2) is 10.8. The van der Waals surface area contributed by atoms with Crippen molar-refractivity contribution in [3.05, 3.63) is 59.7 Å². The first kappa shape index (κ1) is 24.5. The summed E-state index contributed by atoms with van der Waals surface area (Å²) in [4.78, 5) is 19.9. The molecule has 34 heavy (non-hydrogen) atoms. The van der Waals surface area contributed by atoms with Crippen LogP contribution >= 0.6 is 0 Å². The largest absolute Gasteiger partial charge is 0.497 e. The van der Waals surface area contributed by atoms with E-state index in [0.717, 1.165) is 35.7 Å². The molecule has 4 rings (SSSR count). The zero-order valence-electron chi connectivity index (χ0n) is 19.9. The van der Waals surface area contributed by atoms with E-state index in [2.05, 4.69) is 4.90 Å². The quantitative estimate of drug-likeness (QED) is 0.589. The summed E-state index contributed by atoms with van der Waals surface area (Å²) in [6.07, 6.45) is 0. The van der Waals surface area contributed by atoms with Crippen LogP contribution in [0.4, 0.5) is 0 Å². The number of carbonyl (C=O) groups excluding carboxylic acids is 1. The Labute approximate surface area is 202 Å². The van der Waals surface area contributed by atoms with Crippen molar-refractivity contribution in [2.24, 2.45) is 0 Å². The summed E-state index contributed by atoms with van der Waals surface area (Å²) in [5.41, 5.74) is 1.97. The molecular weight excluding hydrogens is 454 g/mol. The number of benzene rings is 2. The molecule has 2 fully saturated rings. The Hall–Kier alpha value is -2.62. The van der Waals surface area contributed by atoms with Crippen molar-refractivity contribution in [1.29, 1.82) is 0 Å². The Bertz CT molecular complexity index is 1070. The fourth-order valence-corrected chi connectivity index (χ4v) is 5.90. The summed E-state index contributed by atoms with van der Waals surface area (Å²) in [6.45, 7) is 4.23. The number of carbonyl (C=O) groups is 1. The lowest BCUT2D eigenvalue weighted by Gasteiger charge is -2.40. The van der Waals surface area contributed by atoms with Crippen molar-refractivity contribution in [2.75, 3.05) is 65.0 Å². The SMILES string of the molecule is COc1ccc(OC)c(CN2CCN(C(=O)C(c3ccccc3)N3CCS(=O)(=O)CC3)CC2)c1. The third-order valence-electron chi connectivity index (χ3n) is 6.66. The molecule has 1 unspecified atom stereocenters. The van der Waals surface area contributed by atoms with Gasteiger partial charge < -0.3 is 14.4 Å². The lowest BCUT2D eigenvalue weighted by molar-refractivity contribution is -0.139. The molecule has 0 aliphatic carbocycles. The molecule has 9 heteroatoms. The monoisotopic (exact) mass is 487 g/mol. The average Bonchev–Trinajstić information content (AvgIpc) is 2.86. The van der Waals surface area contributed by atoms with E-state index in [1.807, 2.05) is 58.3 Å². The molecule has 2 aliphatic heterocycles. The second-order valence-electron chi connectivity index (χ2n) is 8.78. The van der Waals surface area contributed by atoms with E-state index in [1.54, 1.807) is 14.2 Å². The van der Waals surface area contributed by atoms with Crippen molar-refractivity contribution < 1.29 is 22.7 Å². The van der Waals surface area contributed by atoms with Gasteiger partial charge in [-0.3, -0.25) is 14.6 Å². The Morgan fingerprint density at radius 2 is 1.59 bits per heavy atom. The fraction of sp³-hybridized carbons (Fsp3) is 0.480. The first-order valence-corrected chi connectivity index (χ1v) is 13.4. The van der Waals surface area contributed by atoms with Crippen molar-refractivity contribution in [1.82, 2.24) is 14.7 Å². The Morgan fingerprint density at radius 1 is 0.912 bits per heavy atom. The molecule has 8 nitrogen and oxygen atoms in total. The highest BCUT2D eigenvalue weighted by Crippen LogP contribution is 2.28. The Morgan fingerprint density at radius 3 is 2.21 bits per heavy atom. The second-order valence-corrected chi connectivity index (χ2v) is 11.1. The van der Waals surface area contributed by atoms with Crippen LogP contribution in [0.2, 0.25) is 0 Å². The minimum atomic E-state index is -3.02. The van der Waals surface area contributed by atoms with Gasteiger partial charge in [-0.15, -0.1) is 0 Å². The number of amides is 1. The third kappa shape index (κ3) is 5.71. The number of hydrogen-bond acceptors (Lipinski definition) is 7. The molecule has 0 aromatic heterocycles. The zero-order valence-corrected chi connectivity index (χ0v) is 20.7. The standard InChI is InChI=1S/C25H33N3O5S/c1-32-22-8-9-23(33-2)21(18-22)19-26-10-12-28(13-11-26)25(29)24(20-6-4-3-5-7-20)27-14-16-34(30,31)17-15-27/h3-9,18,24H,10-17,19H2,1-2H3. The van der Waals surface area contributed by atoms with Crippen LogP contribution in [0.3, 0.4) is 0 Å². The van der Waals surface area contributed by atoms with Gasteiger partial charge in [0.2, 0.25) is 5.91 Å². The highest BCUT2D eigenvalue weighted by molar-refractivity contribution is 7.91. The van der Waals surface area contributed by atoms with E-state index in [1.165, 1.54) is 0 Å². The van der Waals surface area contributed by atoms with E-state index in [-0.39, 0.29) is 17.4 Å². The van der Waals surface area contributed by atoms with Crippen LogP contribution in [0.25, 0.3) is 0 Å². The van der Waals surface area contributed by atoms with Crippen LogP contribution in [0.1, 0.15) is 17.2 Å². The topological polar surface area (TPSA) is 79.4 Å². The first-order chi connectivity index (χ1) is 16.4. The van der Waals surface area contributed by atoms with E-state index < -0.39 is 15.9 Å². The van der Waals surface area contributed by atoms with Gasteiger partial charge >= 0.3 is 0 Å². The molecule has 2 aromatic rings. The summed E-state index contributed by atoms with van der Waals surface area (Å²) >= 11 is 0. The van der Waals surface area contributed by atoms with Crippen LogP contribution in [0.5, 0.6) is 11.5 Å². The highest BCUT2D eigenvalue weighted by Gasteiger charge is 2.35. The van der Waals surface area contributed by atoms with Gasteiger partial charge in [-0.05, 0) is 23.8 Å². The number of rotatable bonds is 7. The van der Waals surface area contributed by atoms with E-state index in [9.17, 15) is 13.2 Å². The number of piperazine rings is 1. The van der Waals surface area contributed by atoms with E-state index >= 15 is 0 Å². The van der Waals surface area contributed by atoms with Crippen molar-refractivity contribution in [3.8, 4) is 11.5 Å². The number of sulfone groups is 1. The number of hydrogen-bond donors (Lipinski definition) is 0. The summed E-state index contributed by atoms with van der Waals surface area (Å²) < 4.78 is 34.8. The van der Waals surface area contributed by atoms with Gasteiger partial charge in [-0.25, -0.2) is 8.42 Å². The summed E-state index contributed by atoms with van der Waals surface area (Å²) in [5.74, 6) is 1.85. The molecule has 0 saturated carbocycles. The van der Waals surface area contributed by atoms with Gasteiger partial charge in [0, 0.05) is 51.4 Å². The Kier molecular flexibility index (Phi) is 7.75. The van der Waals surface area contributed by atoms with E-state index in [4.69, 9.17) is 9.47 Å². The maximum absolute atomic E-state index is 13.7. The van der Waals surface area contributed by atoms with Gasteiger partial charge in [0.25, 0.3) is 0 Å². The Balaban J connectivity index is 1.43. The minimum Gasteiger partial charge on any atom is -0.497 e. The van der Waals surface area contributed by atoms with Crippen LogP contribution in [0, 0.1) is 0 Å². The molecule has 2 saturated heterocycles. The highest BCUT2D eigenvalue weighted by atomic mass is 32.2. The van der Waals surface area contributed by atoms with Gasteiger partial charge in [0.15, 0.2) is 9.84 Å². The fourth-order valence-electron chi connectivity index (χ4n) is 4.68. The van der Waals surface area contributed by atoms with Gasteiger partial charge in [-0.1, -0.05) is 30.3 Å². The predicted molar refractivity (Wildman–Crippen MR) is 131 cm³/mol. The number of nitrogens with zero attached hydrogens (tertiary/aromatic N) is 3. The predicted octanol–water partition coefficient (Wildman–Crippen LogP) is 1.82. The number of ether oxygens (including phenoxy) is 2. The maximum atomic E-state index is 13.7. The van der Waals surface area contributed by atoms with Crippen LogP contribution in [-0.4, -0.2) is 94.0 Å². The lowest BCUT2D eigenvalue weighted by atomic mass is 10.0. The molecule has 0 N–H and O–H groups in total. The molecule has 1 atom stereocenters. The van der Waals surface area contributed by atoms with Gasteiger partial charge in [0.05, 0.1) is 25.7 Å². The lowest BCUT2D eigenvalue weighted by Crippen LogP contribution is -2.53. The van der Waals surface area contributed by atoms with E-state index in [0.29, 0.717) is 32.7 Å². The summed E-state index contributed by atoms with van der Waals surface area (Å²) in [6, 6.07) is 15.0. The molecule has 0 spiro atoms. The maximum Gasteiger partial charge on any atom is 0.244 e. The van der Waals surface area contributed by atoms with Crippen molar-refractivity contribution in [3.63, 3.8) is 0 Å². The smallest absolute Gasteiger partial charge is 0.244 e. The van der Waals surface area contributed by atoms with Crippen LogP contribution < -0.4 is 9.47 Å². The van der Waals surface area contributed by atoms with Gasteiger partial charge in [-0.2, -0.15) is 0 Å². The molecule has 184 valence electrons. The molecule has 1 amide bonds.